The molecule has 0 aliphatic carbocycles. The molecule has 18 heavy (non-hydrogen) atoms. The van der Waals surface area contributed by atoms with Crippen LogP contribution >= 0.6 is 27.3 Å². The third kappa shape index (κ3) is 2.99. The summed E-state index contributed by atoms with van der Waals surface area (Å²) in [5.74, 6) is 0. The zero-order valence-electron chi connectivity index (χ0n) is 10.6. The van der Waals surface area contributed by atoms with Gasteiger partial charge in [-0.2, -0.15) is 5.10 Å². The molecule has 4 nitrogen and oxygen atoms in total. The third-order valence-electron chi connectivity index (χ3n) is 2.77. The maximum atomic E-state index is 4.58. The van der Waals surface area contributed by atoms with Crippen LogP contribution in [0.1, 0.15) is 30.1 Å². The summed E-state index contributed by atoms with van der Waals surface area (Å²) in [4.78, 5) is 5.32. The standard InChI is InChI=1S/C12H17BrN4S/c1-3-10-12(13)11(17(4-2)16-10)7-14-5-9-6-15-8-18-9/h6,8,14H,3-5,7H2,1-2H3. The Morgan fingerprint density at radius 1 is 1.39 bits per heavy atom. The van der Waals surface area contributed by atoms with Gasteiger partial charge in [-0.3, -0.25) is 9.67 Å². The molecule has 0 fully saturated rings. The summed E-state index contributed by atoms with van der Waals surface area (Å²) in [5.41, 5.74) is 4.21. The molecule has 2 rings (SSSR count). The second-order valence-corrected chi connectivity index (χ2v) is 5.71. The van der Waals surface area contributed by atoms with Crippen molar-refractivity contribution in [3.63, 3.8) is 0 Å². The van der Waals surface area contributed by atoms with Crippen LogP contribution in [0.2, 0.25) is 0 Å². The monoisotopic (exact) mass is 328 g/mol. The van der Waals surface area contributed by atoms with E-state index in [0.717, 1.165) is 36.2 Å². The van der Waals surface area contributed by atoms with Gasteiger partial charge in [0.25, 0.3) is 0 Å². The number of aromatic nitrogens is 3. The first-order chi connectivity index (χ1) is 8.76. The van der Waals surface area contributed by atoms with Gasteiger partial charge in [0, 0.05) is 30.7 Å². The first kappa shape index (κ1) is 13.7. The van der Waals surface area contributed by atoms with Gasteiger partial charge in [0.05, 0.1) is 21.4 Å². The Balaban J connectivity index is 2.01. The molecule has 0 saturated carbocycles. The predicted octanol–water partition coefficient (Wildman–Crippen LogP) is 2.97. The van der Waals surface area contributed by atoms with E-state index in [9.17, 15) is 0 Å². The Labute approximate surface area is 120 Å². The molecule has 98 valence electrons. The van der Waals surface area contributed by atoms with Crippen LogP contribution in [0.3, 0.4) is 0 Å². The number of hydrogen-bond acceptors (Lipinski definition) is 4. The van der Waals surface area contributed by atoms with Crippen molar-refractivity contribution < 1.29 is 0 Å². The van der Waals surface area contributed by atoms with Crippen LogP contribution in [-0.4, -0.2) is 14.8 Å². The van der Waals surface area contributed by atoms with Gasteiger partial charge in [0.15, 0.2) is 0 Å². The fourth-order valence-electron chi connectivity index (χ4n) is 1.82. The van der Waals surface area contributed by atoms with Crippen molar-refractivity contribution in [3.8, 4) is 0 Å². The van der Waals surface area contributed by atoms with Crippen molar-refractivity contribution in [1.82, 2.24) is 20.1 Å². The maximum Gasteiger partial charge on any atom is 0.0794 e. The van der Waals surface area contributed by atoms with Crippen LogP contribution in [-0.2, 0) is 26.1 Å². The number of aryl methyl sites for hydroxylation is 2. The van der Waals surface area contributed by atoms with Crippen molar-refractivity contribution in [2.24, 2.45) is 0 Å². The Kier molecular flexibility index (Phi) is 4.91. The lowest BCUT2D eigenvalue weighted by molar-refractivity contribution is 0.578. The highest BCUT2D eigenvalue weighted by molar-refractivity contribution is 9.10. The van der Waals surface area contributed by atoms with Gasteiger partial charge >= 0.3 is 0 Å². The van der Waals surface area contributed by atoms with E-state index in [1.807, 2.05) is 11.7 Å². The fraction of sp³-hybridized carbons (Fsp3) is 0.500. The summed E-state index contributed by atoms with van der Waals surface area (Å²) in [6.45, 7) is 6.82. The summed E-state index contributed by atoms with van der Waals surface area (Å²) in [6.07, 6.45) is 2.86. The van der Waals surface area contributed by atoms with E-state index in [1.54, 1.807) is 11.3 Å². The molecule has 0 atom stereocenters. The molecular weight excluding hydrogens is 312 g/mol. The molecule has 2 aromatic rings. The molecule has 0 spiro atoms. The van der Waals surface area contributed by atoms with Crippen molar-refractivity contribution in [1.29, 1.82) is 0 Å². The van der Waals surface area contributed by atoms with E-state index in [-0.39, 0.29) is 0 Å². The zero-order chi connectivity index (χ0) is 13.0. The Morgan fingerprint density at radius 2 is 2.22 bits per heavy atom. The SMILES string of the molecule is CCc1nn(CC)c(CNCc2cncs2)c1Br. The van der Waals surface area contributed by atoms with Crippen LogP contribution in [0, 0.1) is 0 Å². The molecule has 0 radical (unpaired) electrons. The first-order valence-corrected chi connectivity index (χ1v) is 7.75. The Morgan fingerprint density at radius 3 is 2.83 bits per heavy atom. The molecule has 0 bridgehead atoms. The van der Waals surface area contributed by atoms with E-state index < -0.39 is 0 Å². The third-order valence-corrected chi connectivity index (χ3v) is 4.46. The largest absolute Gasteiger partial charge is 0.306 e. The number of halogens is 1. The number of rotatable bonds is 6. The number of nitrogens with one attached hydrogen (secondary N) is 1. The molecular formula is C12H17BrN4S. The maximum absolute atomic E-state index is 4.58. The Bertz CT molecular complexity index is 492. The average Bonchev–Trinajstić information content (AvgIpc) is 2.99. The molecule has 0 aromatic carbocycles. The highest BCUT2D eigenvalue weighted by Gasteiger charge is 2.13. The Hall–Kier alpha value is -0.720. The first-order valence-electron chi connectivity index (χ1n) is 6.08. The van der Waals surface area contributed by atoms with Crippen LogP contribution in [0.4, 0.5) is 0 Å². The molecule has 1 N–H and O–H groups in total. The van der Waals surface area contributed by atoms with Gasteiger partial charge in [-0.05, 0) is 29.3 Å². The van der Waals surface area contributed by atoms with E-state index in [2.05, 4.69) is 49.9 Å². The normalized spacial score (nSPS) is 11.1. The molecule has 0 aliphatic heterocycles. The summed E-state index contributed by atoms with van der Waals surface area (Å²) >= 11 is 5.32. The predicted molar refractivity (Wildman–Crippen MR) is 77.6 cm³/mol. The number of hydrogen-bond donors (Lipinski definition) is 1. The second-order valence-electron chi connectivity index (χ2n) is 3.95. The lowest BCUT2D eigenvalue weighted by Gasteiger charge is -2.06. The van der Waals surface area contributed by atoms with Crippen LogP contribution in [0.15, 0.2) is 16.2 Å². The topological polar surface area (TPSA) is 42.7 Å². The van der Waals surface area contributed by atoms with E-state index >= 15 is 0 Å². The van der Waals surface area contributed by atoms with E-state index in [0.29, 0.717) is 0 Å². The molecule has 0 unspecified atom stereocenters. The van der Waals surface area contributed by atoms with Crippen molar-refractivity contribution >= 4 is 27.3 Å². The summed E-state index contributed by atoms with van der Waals surface area (Å²) in [5, 5.41) is 8.02. The zero-order valence-corrected chi connectivity index (χ0v) is 13.0. The molecule has 2 heterocycles. The van der Waals surface area contributed by atoms with Crippen LogP contribution in [0.25, 0.3) is 0 Å². The summed E-state index contributed by atoms with van der Waals surface area (Å²) in [6, 6.07) is 0. The van der Waals surface area contributed by atoms with E-state index in [4.69, 9.17) is 0 Å². The van der Waals surface area contributed by atoms with Gasteiger partial charge in [-0.1, -0.05) is 6.92 Å². The lowest BCUT2D eigenvalue weighted by atomic mass is 10.3. The minimum atomic E-state index is 0.819. The van der Waals surface area contributed by atoms with Crippen molar-refractivity contribution in [2.45, 2.75) is 39.9 Å². The van der Waals surface area contributed by atoms with Crippen molar-refractivity contribution in [3.05, 3.63) is 32.4 Å². The van der Waals surface area contributed by atoms with Gasteiger partial charge < -0.3 is 5.32 Å². The minimum absolute atomic E-state index is 0.819. The van der Waals surface area contributed by atoms with Gasteiger partial charge in [-0.15, -0.1) is 11.3 Å². The van der Waals surface area contributed by atoms with Crippen LogP contribution < -0.4 is 5.32 Å². The van der Waals surface area contributed by atoms with Crippen molar-refractivity contribution in [2.75, 3.05) is 0 Å². The van der Waals surface area contributed by atoms with E-state index in [1.165, 1.54) is 10.6 Å². The number of thiazole rings is 1. The second kappa shape index (κ2) is 6.45. The smallest absolute Gasteiger partial charge is 0.0794 e. The highest BCUT2D eigenvalue weighted by atomic mass is 79.9. The average molecular weight is 329 g/mol. The fourth-order valence-corrected chi connectivity index (χ4v) is 3.09. The summed E-state index contributed by atoms with van der Waals surface area (Å²) < 4.78 is 3.20. The quantitative estimate of drug-likeness (QED) is 0.886. The molecule has 0 saturated heterocycles. The molecule has 6 heteroatoms. The highest BCUT2D eigenvalue weighted by Crippen LogP contribution is 2.22. The summed E-state index contributed by atoms with van der Waals surface area (Å²) in [7, 11) is 0. The molecule has 0 aliphatic rings. The number of nitrogens with zero attached hydrogens (tertiary/aromatic N) is 3. The van der Waals surface area contributed by atoms with Crippen LogP contribution in [0.5, 0.6) is 0 Å². The lowest BCUT2D eigenvalue weighted by Crippen LogP contribution is -2.16. The molecule has 2 aromatic heterocycles. The van der Waals surface area contributed by atoms with Gasteiger partial charge in [0.2, 0.25) is 0 Å². The van der Waals surface area contributed by atoms with Gasteiger partial charge in [0.1, 0.15) is 0 Å². The molecule has 0 amide bonds. The minimum Gasteiger partial charge on any atom is -0.306 e. The van der Waals surface area contributed by atoms with Gasteiger partial charge in [-0.25, -0.2) is 0 Å².